The van der Waals surface area contributed by atoms with Crippen LogP contribution in [0.3, 0.4) is 0 Å². The summed E-state index contributed by atoms with van der Waals surface area (Å²) in [5, 5.41) is 0. The van der Waals surface area contributed by atoms with E-state index in [1.807, 2.05) is 32.0 Å². The van der Waals surface area contributed by atoms with Crippen molar-refractivity contribution in [3.63, 3.8) is 0 Å². The Hall–Kier alpha value is -1.70. The van der Waals surface area contributed by atoms with E-state index in [0.29, 0.717) is 0 Å². The van der Waals surface area contributed by atoms with Gasteiger partial charge in [0, 0.05) is 19.8 Å². The molecule has 0 N–H and O–H groups in total. The fourth-order valence-corrected chi connectivity index (χ4v) is 4.17. The lowest BCUT2D eigenvalue weighted by molar-refractivity contribution is 0.466. The van der Waals surface area contributed by atoms with Gasteiger partial charge >= 0.3 is 0 Å². The first kappa shape index (κ1) is 18.6. The van der Waals surface area contributed by atoms with Crippen LogP contribution in [0.15, 0.2) is 52.3 Å². The molecule has 0 aliphatic carbocycles. The molecule has 0 saturated heterocycles. The average molecular weight is 367 g/mol. The molecule has 2 rings (SSSR count). The molecule has 130 valence electrons. The van der Waals surface area contributed by atoms with Gasteiger partial charge in [-0.05, 0) is 49.2 Å². The third kappa shape index (κ3) is 4.03. The van der Waals surface area contributed by atoms with Crippen LogP contribution in [0.5, 0.6) is 0 Å². The summed E-state index contributed by atoms with van der Waals surface area (Å²) in [5.74, 6) is 0. The van der Waals surface area contributed by atoms with Crippen LogP contribution in [-0.2, 0) is 26.4 Å². The number of sulfonamides is 1. The second-order valence-corrected chi connectivity index (χ2v) is 10.00. The van der Waals surface area contributed by atoms with Crippen LogP contribution in [0, 0.1) is 13.8 Å². The maximum atomic E-state index is 12.7. The minimum Gasteiger partial charge on any atom is -0.224 e. The average Bonchev–Trinajstić information content (AvgIpc) is 2.49. The van der Waals surface area contributed by atoms with Crippen LogP contribution in [0.4, 0.5) is 0 Å². The van der Waals surface area contributed by atoms with Crippen LogP contribution in [0.2, 0.25) is 0 Å². The summed E-state index contributed by atoms with van der Waals surface area (Å²) in [4.78, 5) is 0.167. The summed E-state index contributed by atoms with van der Waals surface area (Å²) in [6.45, 7) is 4.19. The van der Waals surface area contributed by atoms with Crippen molar-refractivity contribution in [2.75, 3.05) is 13.3 Å². The van der Waals surface area contributed by atoms with E-state index in [4.69, 9.17) is 0 Å². The summed E-state index contributed by atoms with van der Waals surface area (Å²) >= 11 is 0. The van der Waals surface area contributed by atoms with E-state index in [1.165, 1.54) is 35.6 Å². The van der Waals surface area contributed by atoms with E-state index < -0.39 is 19.9 Å². The Morgan fingerprint density at radius 1 is 0.875 bits per heavy atom. The number of sulfone groups is 1. The molecule has 0 fully saturated rings. The molecule has 0 heterocycles. The maximum Gasteiger partial charge on any atom is 0.243 e. The largest absolute Gasteiger partial charge is 0.243 e. The van der Waals surface area contributed by atoms with Gasteiger partial charge in [-0.2, -0.15) is 4.31 Å². The number of benzene rings is 2. The van der Waals surface area contributed by atoms with E-state index in [1.54, 1.807) is 0 Å². The summed E-state index contributed by atoms with van der Waals surface area (Å²) in [6.07, 6.45) is 1.09. The van der Waals surface area contributed by atoms with Crippen LogP contribution in [-0.4, -0.2) is 34.4 Å². The Kier molecular flexibility index (Phi) is 5.17. The lowest BCUT2D eigenvalue weighted by Crippen LogP contribution is -2.26. The molecule has 24 heavy (non-hydrogen) atoms. The minimum atomic E-state index is -3.69. The predicted octanol–water partition coefficient (Wildman–Crippen LogP) is 2.53. The Morgan fingerprint density at radius 2 is 1.42 bits per heavy atom. The molecule has 0 unspecified atom stereocenters. The van der Waals surface area contributed by atoms with Gasteiger partial charge in [-0.15, -0.1) is 0 Å². The third-order valence-electron chi connectivity index (χ3n) is 3.85. The predicted molar refractivity (Wildman–Crippen MR) is 94.1 cm³/mol. The van der Waals surface area contributed by atoms with E-state index in [0.717, 1.165) is 22.9 Å². The van der Waals surface area contributed by atoms with Crippen molar-refractivity contribution in [3.8, 4) is 0 Å². The standard InChI is InChI=1S/C17H21NO4S2/c1-13-5-6-15(14(2)11-13)12-18(3)24(21,22)17-9-7-16(8-10-17)23(4,19)20/h5-11H,12H2,1-4H3. The van der Waals surface area contributed by atoms with Gasteiger partial charge < -0.3 is 0 Å². The van der Waals surface area contributed by atoms with Crippen molar-refractivity contribution in [3.05, 3.63) is 59.2 Å². The molecule has 0 aromatic heterocycles. The molecule has 0 atom stereocenters. The van der Waals surface area contributed by atoms with Crippen LogP contribution in [0.25, 0.3) is 0 Å². The van der Waals surface area contributed by atoms with E-state index in [9.17, 15) is 16.8 Å². The zero-order chi connectivity index (χ0) is 18.1. The smallest absolute Gasteiger partial charge is 0.224 e. The highest BCUT2D eigenvalue weighted by atomic mass is 32.2. The summed E-state index contributed by atoms with van der Waals surface area (Å²) in [7, 11) is -5.53. The van der Waals surface area contributed by atoms with Crippen LogP contribution >= 0.6 is 0 Å². The zero-order valence-electron chi connectivity index (χ0n) is 14.1. The molecule has 7 heteroatoms. The Labute approximate surface area is 143 Å². The molecule has 0 bridgehead atoms. The second-order valence-electron chi connectivity index (χ2n) is 5.93. The van der Waals surface area contributed by atoms with Gasteiger partial charge in [0.15, 0.2) is 9.84 Å². The molecule has 0 spiro atoms. The number of hydrogen-bond donors (Lipinski definition) is 0. The van der Waals surface area contributed by atoms with Gasteiger partial charge in [-0.1, -0.05) is 23.8 Å². The number of aryl methyl sites for hydroxylation is 2. The highest BCUT2D eigenvalue weighted by molar-refractivity contribution is 7.90. The van der Waals surface area contributed by atoms with Crippen molar-refractivity contribution in [2.24, 2.45) is 0 Å². The Balaban J connectivity index is 2.29. The molecular formula is C17H21NO4S2. The van der Waals surface area contributed by atoms with Crippen molar-refractivity contribution in [2.45, 2.75) is 30.2 Å². The maximum absolute atomic E-state index is 12.7. The Bertz CT molecular complexity index is 947. The van der Waals surface area contributed by atoms with E-state index >= 15 is 0 Å². The molecule has 0 saturated carbocycles. The molecule has 5 nitrogen and oxygen atoms in total. The zero-order valence-corrected chi connectivity index (χ0v) is 15.8. The minimum absolute atomic E-state index is 0.0714. The monoisotopic (exact) mass is 367 g/mol. The SMILES string of the molecule is Cc1ccc(CN(C)S(=O)(=O)c2ccc(S(C)(=O)=O)cc2)c(C)c1. The normalized spacial score (nSPS) is 12.5. The number of hydrogen-bond acceptors (Lipinski definition) is 4. The third-order valence-corrected chi connectivity index (χ3v) is 6.80. The van der Waals surface area contributed by atoms with Crippen molar-refractivity contribution < 1.29 is 16.8 Å². The first-order valence-electron chi connectivity index (χ1n) is 7.34. The van der Waals surface area contributed by atoms with Crippen LogP contribution in [0.1, 0.15) is 16.7 Å². The molecule has 2 aromatic carbocycles. The van der Waals surface area contributed by atoms with Crippen molar-refractivity contribution in [1.82, 2.24) is 4.31 Å². The fourth-order valence-electron chi connectivity index (χ4n) is 2.39. The molecule has 0 radical (unpaired) electrons. The molecule has 0 aliphatic heterocycles. The van der Waals surface area contributed by atoms with Gasteiger partial charge in [-0.3, -0.25) is 0 Å². The lowest BCUT2D eigenvalue weighted by atomic mass is 10.1. The molecular weight excluding hydrogens is 346 g/mol. The fraction of sp³-hybridized carbons (Fsp3) is 0.294. The molecule has 2 aromatic rings. The van der Waals surface area contributed by atoms with Crippen molar-refractivity contribution in [1.29, 1.82) is 0 Å². The van der Waals surface area contributed by atoms with E-state index in [2.05, 4.69) is 0 Å². The van der Waals surface area contributed by atoms with Gasteiger partial charge in [-0.25, -0.2) is 16.8 Å². The first-order chi connectivity index (χ1) is 11.0. The van der Waals surface area contributed by atoms with Gasteiger partial charge in [0.05, 0.1) is 9.79 Å². The topological polar surface area (TPSA) is 71.5 Å². The van der Waals surface area contributed by atoms with Crippen molar-refractivity contribution >= 4 is 19.9 Å². The molecule has 0 amide bonds. The second kappa shape index (κ2) is 6.66. The van der Waals surface area contributed by atoms with E-state index in [-0.39, 0.29) is 16.3 Å². The van der Waals surface area contributed by atoms with Gasteiger partial charge in [0.1, 0.15) is 0 Å². The summed E-state index contributed by atoms with van der Waals surface area (Å²) < 4.78 is 49.5. The van der Waals surface area contributed by atoms with Gasteiger partial charge in [0.25, 0.3) is 0 Å². The summed E-state index contributed by atoms with van der Waals surface area (Å²) in [5.41, 5.74) is 3.09. The number of nitrogens with zero attached hydrogens (tertiary/aromatic N) is 1. The number of rotatable bonds is 5. The lowest BCUT2D eigenvalue weighted by Gasteiger charge is -2.19. The summed E-state index contributed by atoms with van der Waals surface area (Å²) in [6, 6.07) is 11.2. The quantitative estimate of drug-likeness (QED) is 0.814. The first-order valence-corrected chi connectivity index (χ1v) is 10.7. The van der Waals surface area contributed by atoms with Crippen LogP contribution < -0.4 is 0 Å². The Morgan fingerprint density at radius 3 is 1.92 bits per heavy atom. The highest BCUT2D eigenvalue weighted by Gasteiger charge is 2.22. The highest BCUT2D eigenvalue weighted by Crippen LogP contribution is 2.20. The molecule has 0 aliphatic rings. The van der Waals surface area contributed by atoms with Gasteiger partial charge in [0.2, 0.25) is 10.0 Å².